The maximum absolute atomic E-state index is 6.16. The molecule has 3 nitrogen and oxygen atoms in total. The Morgan fingerprint density at radius 2 is 2.17 bits per heavy atom. The van der Waals surface area contributed by atoms with Gasteiger partial charge in [0, 0.05) is 29.6 Å². The molecule has 3 rings (SSSR count). The molecule has 0 unspecified atom stereocenters. The van der Waals surface area contributed by atoms with E-state index < -0.39 is 0 Å². The van der Waals surface area contributed by atoms with Gasteiger partial charge >= 0.3 is 0 Å². The van der Waals surface area contributed by atoms with Crippen LogP contribution in [0.25, 0.3) is 11.3 Å². The molecule has 1 aliphatic carbocycles. The zero-order chi connectivity index (χ0) is 12.4. The number of nitrogens with zero attached hydrogens (tertiary/aromatic N) is 1. The first kappa shape index (κ1) is 11.8. The first-order chi connectivity index (χ1) is 8.83. The lowest BCUT2D eigenvalue weighted by Gasteiger charge is -2.01. The number of imidazole rings is 1. The van der Waals surface area contributed by atoms with Crippen molar-refractivity contribution in [2.45, 2.75) is 25.3 Å². The van der Waals surface area contributed by atoms with Crippen LogP contribution in [0, 0.1) is 0 Å². The number of aromatic amines is 1. The predicted octanol–water partition coefficient (Wildman–Crippen LogP) is 3.02. The summed E-state index contributed by atoms with van der Waals surface area (Å²) >= 11 is 6.16. The first-order valence-electron chi connectivity index (χ1n) is 6.35. The Labute approximate surface area is 112 Å². The van der Waals surface area contributed by atoms with Crippen LogP contribution >= 0.6 is 11.6 Å². The van der Waals surface area contributed by atoms with Gasteiger partial charge < -0.3 is 10.3 Å². The van der Waals surface area contributed by atoms with E-state index in [9.17, 15) is 0 Å². The Bertz CT molecular complexity index is 531. The molecule has 0 radical (unpaired) electrons. The number of hydrogen-bond donors (Lipinski definition) is 2. The molecule has 1 aliphatic rings. The van der Waals surface area contributed by atoms with Gasteiger partial charge in [-0.15, -0.1) is 0 Å². The lowest BCUT2D eigenvalue weighted by atomic mass is 10.2. The molecule has 0 spiro atoms. The van der Waals surface area contributed by atoms with Crippen molar-refractivity contribution in [3.63, 3.8) is 0 Å². The quantitative estimate of drug-likeness (QED) is 0.869. The molecule has 0 bridgehead atoms. The SMILES string of the molecule is Clc1ccccc1-c1cnc(CCNC2CC2)[nH]1. The summed E-state index contributed by atoms with van der Waals surface area (Å²) in [6.07, 6.45) is 5.43. The van der Waals surface area contributed by atoms with Gasteiger partial charge in [-0.05, 0) is 18.9 Å². The van der Waals surface area contributed by atoms with Crippen molar-refractivity contribution in [2.75, 3.05) is 6.54 Å². The molecule has 94 valence electrons. The molecular formula is C14H16ClN3. The molecule has 0 saturated heterocycles. The summed E-state index contributed by atoms with van der Waals surface area (Å²) in [4.78, 5) is 7.73. The summed E-state index contributed by atoms with van der Waals surface area (Å²) in [7, 11) is 0. The van der Waals surface area contributed by atoms with Crippen LogP contribution in [-0.2, 0) is 6.42 Å². The van der Waals surface area contributed by atoms with Gasteiger partial charge in [0.2, 0.25) is 0 Å². The Kier molecular flexibility index (Phi) is 3.35. The Morgan fingerprint density at radius 3 is 2.94 bits per heavy atom. The zero-order valence-corrected chi connectivity index (χ0v) is 10.9. The highest BCUT2D eigenvalue weighted by Crippen LogP contribution is 2.25. The fourth-order valence-electron chi connectivity index (χ4n) is 1.99. The first-order valence-corrected chi connectivity index (χ1v) is 6.73. The maximum Gasteiger partial charge on any atom is 0.107 e. The van der Waals surface area contributed by atoms with Crippen molar-refractivity contribution in [3.05, 3.63) is 41.3 Å². The summed E-state index contributed by atoms with van der Waals surface area (Å²) in [6.45, 7) is 0.986. The lowest BCUT2D eigenvalue weighted by Crippen LogP contribution is -2.19. The monoisotopic (exact) mass is 261 g/mol. The van der Waals surface area contributed by atoms with Crippen LogP contribution < -0.4 is 5.32 Å². The minimum Gasteiger partial charge on any atom is -0.342 e. The van der Waals surface area contributed by atoms with E-state index in [0.717, 1.165) is 41.1 Å². The molecule has 1 fully saturated rings. The van der Waals surface area contributed by atoms with Gasteiger partial charge in [-0.25, -0.2) is 4.98 Å². The number of halogens is 1. The van der Waals surface area contributed by atoms with Crippen LogP contribution in [0.4, 0.5) is 0 Å². The minimum absolute atomic E-state index is 0.753. The van der Waals surface area contributed by atoms with Crippen LogP contribution in [0.3, 0.4) is 0 Å². The van der Waals surface area contributed by atoms with Crippen molar-refractivity contribution in [1.82, 2.24) is 15.3 Å². The van der Waals surface area contributed by atoms with Crippen LogP contribution in [0.15, 0.2) is 30.5 Å². The van der Waals surface area contributed by atoms with Crippen molar-refractivity contribution < 1.29 is 0 Å². The molecule has 1 aromatic carbocycles. The highest BCUT2D eigenvalue weighted by atomic mass is 35.5. The van der Waals surface area contributed by atoms with Gasteiger partial charge in [0.1, 0.15) is 5.82 Å². The highest BCUT2D eigenvalue weighted by Gasteiger charge is 2.19. The number of H-pyrrole nitrogens is 1. The summed E-state index contributed by atoms with van der Waals surface area (Å²) in [5, 5.41) is 4.23. The third kappa shape index (κ3) is 2.74. The molecule has 0 aliphatic heterocycles. The number of hydrogen-bond acceptors (Lipinski definition) is 2. The van der Waals surface area contributed by atoms with E-state index in [2.05, 4.69) is 15.3 Å². The topological polar surface area (TPSA) is 40.7 Å². The Balaban J connectivity index is 1.66. The molecule has 0 atom stereocenters. The van der Waals surface area contributed by atoms with E-state index in [-0.39, 0.29) is 0 Å². The van der Waals surface area contributed by atoms with Gasteiger partial charge in [-0.1, -0.05) is 29.8 Å². The van der Waals surface area contributed by atoms with E-state index in [0.29, 0.717) is 0 Å². The van der Waals surface area contributed by atoms with E-state index >= 15 is 0 Å². The fourth-order valence-corrected chi connectivity index (χ4v) is 2.23. The lowest BCUT2D eigenvalue weighted by molar-refractivity contribution is 0.669. The summed E-state index contributed by atoms with van der Waals surface area (Å²) in [6, 6.07) is 8.57. The predicted molar refractivity (Wildman–Crippen MR) is 73.8 cm³/mol. The Morgan fingerprint density at radius 1 is 1.33 bits per heavy atom. The maximum atomic E-state index is 6.16. The van der Waals surface area contributed by atoms with Gasteiger partial charge in [0.05, 0.1) is 11.9 Å². The molecule has 0 amide bonds. The van der Waals surface area contributed by atoms with Gasteiger partial charge in [0.25, 0.3) is 0 Å². The fraction of sp³-hybridized carbons (Fsp3) is 0.357. The van der Waals surface area contributed by atoms with E-state index in [1.54, 1.807) is 0 Å². The average Bonchev–Trinajstić information content (AvgIpc) is 3.08. The van der Waals surface area contributed by atoms with Crippen LogP contribution in [0.2, 0.25) is 5.02 Å². The van der Waals surface area contributed by atoms with Crippen LogP contribution in [0.1, 0.15) is 18.7 Å². The summed E-state index contributed by atoms with van der Waals surface area (Å²) in [5.41, 5.74) is 2.00. The molecule has 2 aromatic rings. The van der Waals surface area contributed by atoms with Gasteiger partial charge in [0.15, 0.2) is 0 Å². The largest absolute Gasteiger partial charge is 0.342 e. The van der Waals surface area contributed by atoms with Crippen molar-refractivity contribution in [2.24, 2.45) is 0 Å². The van der Waals surface area contributed by atoms with Crippen molar-refractivity contribution in [1.29, 1.82) is 0 Å². The average molecular weight is 262 g/mol. The van der Waals surface area contributed by atoms with Crippen molar-refractivity contribution >= 4 is 11.6 Å². The van der Waals surface area contributed by atoms with Crippen LogP contribution in [-0.4, -0.2) is 22.6 Å². The zero-order valence-electron chi connectivity index (χ0n) is 10.1. The summed E-state index contributed by atoms with van der Waals surface area (Å²) < 4.78 is 0. The number of nitrogens with one attached hydrogen (secondary N) is 2. The highest BCUT2D eigenvalue weighted by molar-refractivity contribution is 6.33. The molecule has 18 heavy (non-hydrogen) atoms. The number of benzene rings is 1. The summed E-state index contributed by atoms with van der Waals surface area (Å²) in [5.74, 6) is 1.01. The van der Waals surface area contributed by atoms with Gasteiger partial charge in [-0.2, -0.15) is 0 Å². The smallest absolute Gasteiger partial charge is 0.107 e. The molecular weight excluding hydrogens is 246 g/mol. The third-order valence-electron chi connectivity index (χ3n) is 3.16. The standard InChI is InChI=1S/C14H16ClN3/c15-12-4-2-1-3-11(12)13-9-17-14(18-13)7-8-16-10-5-6-10/h1-4,9-10,16H,5-8H2,(H,17,18). The molecule has 1 saturated carbocycles. The number of rotatable bonds is 5. The van der Waals surface area contributed by atoms with E-state index in [1.165, 1.54) is 12.8 Å². The van der Waals surface area contributed by atoms with Gasteiger partial charge in [-0.3, -0.25) is 0 Å². The molecule has 4 heteroatoms. The second-order valence-electron chi connectivity index (χ2n) is 4.70. The number of aromatic nitrogens is 2. The normalized spacial score (nSPS) is 14.9. The second kappa shape index (κ2) is 5.12. The molecule has 2 N–H and O–H groups in total. The Hall–Kier alpha value is -1.32. The minimum atomic E-state index is 0.753. The van der Waals surface area contributed by atoms with E-state index in [1.807, 2.05) is 30.5 Å². The molecule has 1 aromatic heterocycles. The molecule has 1 heterocycles. The second-order valence-corrected chi connectivity index (χ2v) is 5.11. The van der Waals surface area contributed by atoms with Crippen LogP contribution in [0.5, 0.6) is 0 Å². The van der Waals surface area contributed by atoms with Crippen molar-refractivity contribution in [3.8, 4) is 11.3 Å². The third-order valence-corrected chi connectivity index (χ3v) is 3.49. The van der Waals surface area contributed by atoms with E-state index in [4.69, 9.17) is 11.6 Å².